The second kappa shape index (κ2) is 11.9. The van der Waals surface area contributed by atoms with E-state index in [0.717, 1.165) is 77.4 Å². The zero-order valence-corrected chi connectivity index (χ0v) is 26.7. The summed E-state index contributed by atoms with van der Waals surface area (Å²) in [5, 5.41) is 4.25. The van der Waals surface area contributed by atoms with Gasteiger partial charge in [-0.1, -0.05) is 133 Å². The molecule has 9 aromatic rings. The predicted octanol–water partition coefficient (Wildman–Crippen LogP) is 11.3. The maximum Gasteiger partial charge on any atom is 0.164 e. The monoisotopic (exact) mass is 631 g/mol. The van der Waals surface area contributed by atoms with Crippen LogP contribution >= 0.6 is 0 Å². The molecule has 232 valence electrons. The van der Waals surface area contributed by atoms with Crippen molar-refractivity contribution in [2.45, 2.75) is 0 Å². The number of ether oxygens (including phenoxy) is 1. The molecule has 9 rings (SSSR count). The molecule has 0 atom stereocenters. The Bertz CT molecular complexity index is 2650. The van der Waals surface area contributed by atoms with Gasteiger partial charge in [0, 0.05) is 38.6 Å². The summed E-state index contributed by atoms with van der Waals surface area (Å²) >= 11 is 0. The molecule has 0 saturated carbocycles. The van der Waals surface area contributed by atoms with Gasteiger partial charge in [0.15, 0.2) is 17.5 Å². The first-order valence-corrected chi connectivity index (χ1v) is 16.2. The summed E-state index contributed by atoms with van der Waals surface area (Å²) in [5.41, 5.74) is 8.44. The van der Waals surface area contributed by atoms with Crippen LogP contribution in [0.3, 0.4) is 0 Å². The number of rotatable bonds is 6. The number of benzene rings is 7. The van der Waals surface area contributed by atoms with Crippen molar-refractivity contribution in [3.63, 3.8) is 0 Å². The van der Waals surface area contributed by atoms with Crippen molar-refractivity contribution in [2.75, 3.05) is 7.11 Å². The molecule has 0 bridgehead atoms. The van der Waals surface area contributed by atoms with E-state index in [9.17, 15) is 0 Å². The second-order valence-electron chi connectivity index (χ2n) is 12.0. The quantitative estimate of drug-likeness (QED) is 0.183. The van der Waals surface area contributed by atoms with Gasteiger partial charge < -0.3 is 9.15 Å². The molecule has 0 aliphatic heterocycles. The van der Waals surface area contributed by atoms with Gasteiger partial charge in [0.05, 0.1) is 7.11 Å². The molecule has 0 aliphatic carbocycles. The van der Waals surface area contributed by atoms with Crippen LogP contribution in [0.5, 0.6) is 5.75 Å². The van der Waals surface area contributed by atoms with Gasteiger partial charge in [-0.25, -0.2) is 15.0 Å². The highest BCUT2D eigenvalue weighted by Crippen LogP contribution is 2.41. The Morgan fingerprint density at radius 2 is 1.06 bits per heavy atom. The minimum Gasteiger partial charge on any atom is -0.496 e. The van der Waals surface area contributed by atoms with Gasteiger partial charge in [0.2, 0.25) is 0 Å². The summed E-state index contributed by atoms with van der Waals surface area (Å²) in [7, 11) is 1.69. The zero-order valence-electron chi connectivity index (χ0n) is 26.7. The Balaban J connectivity index is 1.27. The number of hydrogen-bond acceptors (Lipinski definition) is 5. The van der Waals surface area contributed by atoms with Crippen molar-refractivity contribution in [1.82, 2.24) is 15.0 Å². The van der Waals surface area contributed by atoms with Crippen molar-refractivity contribution in [1.29, 1.82) is 0 Å². The van der Waals surface area contributed by atoms with Gasteiger partial charge in [-0.3, -0.25) is 0 Å². The standard InChI is InChI=1S/C44H29N3O2/c1-48-39-27-33(24-25-34(39)29-13-4-2-5-14-29)43-45-42(32-23-22-28-12-8-9-17-31(28)26-32)46-44(47-43)37-20-11-21-38-40(37)36-19-10-18-35(41(36)49-38)30-15-6-3-7-16-30/h2-27H,1H3. The third-order valence-corrected chi connectivity index (χ3v) is 9.04. The first kappa shape index (κ1) is 28.6. The van der Waals surface area contributed by atoms with E-state index in [0.29, 0.717) is 17.5 Å². The molecule has 0 aliphatic rings. The van der Waals surface area contributed by atoms with Gasteiger partial charge in [0.25, 0.3) is 0 Å². The Kier molecular flexibility index (Phi) is 6.95. The van der Waals surface area contributed by atoms with Crippen molar-refractivity contribution in [2.24, 2.45) is 0 Å². The lowest BCUT2D eigenvalue weighted by Gasteiger charge is -2.13. The Morgan fingerprint density at radius 1 is 0.449 bits per heavy atom. The minimum absolute atomic E-state index is 0.556. The van der Waals surface area contributed by atoms with E-state index >= 15 is 0 Å². The molecule has 2 heterocycles. The lowest BCUT2D eigenvalue weighted by Crippen LogP contribution is -2.01. The Hall–Kier alpha value is -6.59. The van der Waals surface area contributed by atoms with Gasteiger partial charge in [-0.05, 0) is 46.2 Å². The molecule has 0 spiro atoms. The molecule has 2 aromatic heterocycles. The van der Waals surface area contributed by atoms with E-state index in [4.69, 9.17) is 24.1 Å². The highest BCUT2D eigenvalue weighted by atomic mass is 16.5. The summed E-state index contributed by atoms with van der Waals surface area (Å²) in [6, 6.07) is 53.7. The fraction of sp³-hybridized carbons (Fsp3) is 0.0227. The minimum atomic E-state index is 0.556. The Labute approximate surface area is 283 Å². The maximum absolute atomic E-state index is 6.58. The summed E-state index contributed by atoms with van der Waals surface area (Å²) in [6.45, 7) is 0. The highest BCUT2D eigenvalue weighted by Gasteiger charge is 2.20. The largest absolute Gasteiger partial charge is 0.496 e. The Morgan fingerprint density at radius 3 is 1.82 bits per heavy atom. The molecular weight excluding hydrogens is 603 g/mol. The number of fused-ring (bicyclic) bond motifs is 4. The lowest BCUT2D eigenvalue weighted by molar-refractivity contribution is 0.416. The molecule has 7 aromatic carbocycles. The fourth-order valence-electron chi connectivity index (χ4n) is 6.65. The van der Waals surface area contributed by atoms with Crippen LogP contribution in [0.4, 0.5) is 0 Å². The van der Waals surface area contributed by atoms with Crippen molar-refractivity contribution in [3.05, 3.63) is 158 Å². The third kappa shape index (κ3) is 5.09. The van der Waals surface area contributed by atoms with Crippen LogP contribution < -0.4 is 4.74 Å². The average molecular weight is 632 g/mol. The fourth-order valence-corrected chi connectivity index (χ4v) is 6.65. The van der Waals surface area contributed by atoms with Crippen LogP contribution in [0.25, 0.3) is 89.1 Å². The van der Waals surface area contributed by atoms with Crippen LogP contribution in [0.1, 0.15) is 0 Å². The lowest BCUT2D eigenvalue weighted by atomic mass is 10.00. The normalized spacial score (nSPS) is 11.4. The van der Waals surface area contributed by atoms with Gasteiger partial charge >= 0.3 is 0 Å². The zero-order chi connectivity index (χ0) is 32.7. The summed E-state index contributed by atoms with van der Waals surface area (Å²) < 4.78 is 12.5. The predicted molar refractivity (Wildman–Crippen MR) is 198 cm³/mol. The van der Waals surface area contributed by atoms with E-state index in [1.54, 1.807) is 7.11 Å². The smallest absolute Gasteiger partial charge is 0.164 e. The van der Waals surface area contributed by atoms with Crippen molar-refractivity contribution in [3.8, 4) is 62.2 Å². The third-order valence-electron chi connectivity index (χ3n) is 9.04. The number of nitrogens with zero attached hydrogens (tertiary/aromatic N) is 3. The number of aromatic nitrogens is 3. The molecule has 5 heteroatoms. The van der Waals surface area contributed by atoms with Gasteiger partial charge in [-0.15, -0.1) is 0 Å². The van der Waals surface area contributed by atoms with Crippen LogP contribution in [0.15, 0.2) is 162 Å². The van der Waals surface area contributed by atoms with Crippen LogP contribution in [0, 0.1) is 0 Å². The van der Waals surface area contributed by atoms with Crippen LogP contribution in [0.2, 0.25) is 0 Å². The summed E-state index contributed by atoms with van der Waals surface area (Å²) in [4.78, 5) is 15.3. The molecule has 49 heavy (non-hydrogen) atoms. The van der Waals surface area contributed by atoms with E-state index in [1.807, 2.05) is 72.8 Å². The molecule has 0 N–H and O–H groups in total. The molecule has 0 fully saturated rings. The first-order chi connectivity index (χ1) is 24.2. The molecular formula is C44H29N3O2. The molecule has 0 radical (unpaired) electrons. The van der Waals surface area contributed by atoms with E-state index in [1.165, 1.54) is 0 Å². The number of furan rings is 1. The van der Waals surface area contributed by atoms with Crippen LogP contribution in [-0.2, 0) is 0 Å². The van der Waals surface area contributed by atoms with Crippen molar-refractivity contribution < 1.29 is 9.15 Å². The van der Waals surface area contributed by atoms with Crippen molar-refractivity contribution >= 4 is 32.7 Å². The molecule has 0 amide bonds. The maximum atomic E-state index is 6.58. The van der Waals surface area contributed by atoms with Crippen LogP contribution in [-0.4, -0.2) is 22.1 Å². The summed E-state index contributed by atoms with van der Waals surface area (Å²) in [5.74, 6) is 2.46. The first-order valence-electron chi connectivity index (χ1n) is 16.2. The summed E-state index contributed by atoms with van der Waals surface area (Å²) in [6.07, 6.45) is 0. The highest BCUT2D eigenvalue weighted by molar-refractivity contribution is 6.15. The SMILES string of the molecule is COc1cc(-c2nc(-c3ccc4ccccc4c3)nc(-c3cccc4oc5c(-c6ccccc6)cccc5c34)n2)ccc1-c1ccccc1. The number of para-hydroxylation sites is 1. The van der Waals surface area contributed by atoms with E-state index < -0.39 is 0 Å². The molecule has 5 nitrogen and oxygen atoms in total. The average Bonchev–Trinajstić information content (AvgIpc) is 3.57. The topological polar surface area (TPSA) is 61.0 Å². The van der Waals surface area contributed by atoms with Gasteiger partial charge in [0.1, 0.15) is 16.9 Å². The molecule has 0 unspecified atom stereocenters. The van der Waals surface area contributed by atoms with E-state index in [-0.39, 0.29) is 0 Å². The van der Waals surface area contributed by atoms with Gasteiger partial charge in [-0.2, -0.15) is 0 Å². The second-order valence-corrected chi connectivity index (χ2v) is 12.0. The number of methoxy groups -OCH3 is 1. The van der Waals surface area contributed by atoms with E-state index in [2.05, 4.69) is 84.9 Å². The molecule has 0 saturated heterocycles. The number of hydrogen-bond donors (Lipinski definition) is 0.